The van der Waals surface area contributed by atoms with E-state index in [9.17, 15) is 14.7 Å². The average molecular weight is 360 g/mol. The van der Waals surface area contributed by atoms with Gasteiger partial charge in [-0.25, -0.2) is 4.79 Å². The Balaban J connectivity index is 2.30. The smallest absolute Gasteiger partial charge is 0.408 e. The van der Waals surface area contributed by atoms with Gasteiger partial charge in [-0.3, -0.25) is 9.69 Å². The molecule has 0 unspecified atom stereocenters. The molecule has 1 aromatic rings. The Labute approximate surface area is 154 Å². The first-order valence-corrected chi connectivity index (χ1v) is 9.09. The second-order valence-electron chi connectivity index (χ2n) is 8.27. The summed E-state index contributed by atoms with van der Waals surface area (Å²) in [4.78, 5) is 28.2. The topological polar surface area (TPSA) is 70.1 Å². The van der Waals surface area contributed by atoms with Crippen LogP contribution in [0, 0.1) is 12.3 Å². The summed E-state index contributed by atoms with van der Waals surface area (Å²) in [6, 6.07) is 5.64. The molecule has 0 saturated carbocycles. The molecule has 0 radical (unpaired) electrons. The molecule has 2 heterocycles. The van der Waals surface area contributed by atoms with Gasteiger partial charge < -0.3 is 14.7 Å². The highest BCUT2D eigenvalue weighted by atomic mass is 16.5. The SMILES string of the molecule is COc1ccc([C@]2(C(C)(C)C)[C@@H]3CCC(=O)N3CCN2C(=O)O)c(C)c1. The quantitative estimate of drug-likeness (QED) is 0.879. The lowest BCUT2D eigenvalue weighted by Gasteiger charge is -2.60. The number of amides is 2. The van der Waals surface area contributed by atoms with E-state index in [1.54, 1.807) is 12.0 Å². The lowest BCUT2D eigenvalue weighted by atomic mass is 9.61. The zero-order valence-corrected chi connectivity index (χ0v) is 16.2. The third kappa shape index (κ3) is 2.46. The number of carboxylic acid groups (broad SMARTS) is 1. The Bertz CT molecular complexity index is 740. The number of ether oxygens (including phenoxy) is 1. The molecule has 6 heteroatoms. The zero-order valence-electron chi connectivity index (χ0n) is 16.2. The number of methoxy groups -OCH3 is 1. The van der Waals surface area contributed by atoms with Crippen molar-refractivity contribution in [3.63, 3.8) is 0 Å². The monoisotopic (exact) mass is 360 g/mol. The molecule has 2 aliphatic heterocycles. The average Bonchev–Trinajstić information content (AvgIpc) is 2.94. The van der Waals surface area contributed by atoms with Crippen molar-refractivity contribution < 1.29 is 19.4 Å². The molecule has 2 aliphatic rings. The Hall–Kier alpha value is -2.24. The van der Waals surface area contributed by atoms with Gasteiger partial charge in [-0.2, -0.15) is 0 Å². The number of carbonyl (C=O) groups excluding carboxylic acids is 1. The van der Waals surface area contributed by atoms with Crippen LogP contribution in [0.2, 0.25) is 0 Å². The third-order valence-corrected chi connectivity index (χ3v) is 6.02. The first-order valence-electron chi connectivity index (χ1n) is 9.09. The molecule has 0 aliphatic carbocycles. The second kappa shape index (κ2) is 6.18. The molecule has 0 aromatic heterocycles. The van der Waals surface area contributed by atoms with Gasteiger partial charge in [0.2, 0.25) is 5.91 Å². The molecule has 2 saturated heterocycles. The number of hydrogen-bond acceptors (Lipinski definition) is 3. The number of piperazine rings is 1. The maximum atomic E-state index is 12.5. The Kier molecular flexibility index (Phi) is 4.41. The fourth-order valence-corrected chi connectivity index (χ4v) is 5.08. The highest BCUT2D eigenvalue weighted by Gasteiger charge is 2.61. The van der Waals surface area contributed by atoms with Crippen LogP contribution in [0.4, 0.5) is 4.79 Å². The summed E-state index contributed by atoms with van der Waals surface area (Å²) in [5, 5.41) is 10.1. The van der Waals surface area contributed by atoms with E-state index in [-0.39, 0.29) is 11.9 Å². The lowest BCUT2D eigenvalue weighted by Crippen LogP contribution is -2.70. The van der Waals surface area contributed by atoms with Crippen LogP contribution in [0.5, 0.6) is 5.75 Å². The van der Waals surface area contributed by atoms with Gasteiger partial charge in [0.25, 0.3) is 0 Å². The second-order valence-corrected chi connectivity index (χ2v) is 8.27. The largest absolute Gasteiger partial charge is 0.497 e. The van der Waals surface area contributed by atoms with Crippen LogP contribution in [0.3, 0.4) is 0 Å². The minimum Gasteiger partial charge on any atom is -0.497 e. The predicted molar refractivity (Wildman–Crippen MR) is 98.3 cm³/mol. The predicted octanol–water partition coefficient (Wildman–Crippen LogP) is 3.23. The van der Waals surface area contributed by atoms with E-state index in [0.29, 0.717) is 25.9 Å². The number of aryl methyl sites for hydroxylation is 1. The molecule has 26 heavy (non-hydrogen) atoms. The van der Waals surface area contributed by atoms with Crippen molar-refractivity contribution in [2.75, 3.05) is 20.2 Å². The molecule has 1 aromatic carbocycles. The summed E-state index contributed by atoms with van der Waals surface area (Å²) in [7, 11) is 1.62. The summed E-state index contributed by atoms with van der Waals surface area (Å²) in [6.07, 6.45) is 0.213. The van der Waals surface area contributed by atoms with Crippen LogP contribution in [0.15, 0.2) is 18.2 Å². The molecule has 2 fully saturated rings. The first-order chi connectivity index (χ1) is 12.1. The van der Waals surface area contributed by atoms with Crippen molar-refractivity contribution in [2.45, 2.75) is 52.1 Å². The number of benzene rings is 1. The van der Waals surface area contributed by atoms with Gasteiger partial charge in [0.05, 0.1) is 18.7 Å². The standard InChI is InChI=1S/C20H28N2O4/c1-13-12-14(26-5)6-7-15(13)20(19(2,3)4)16-8-9-17(23)21(16)10-11-22(20)18(24)25/h6-7,12,16H,8-11H2,1-5H3,(H,24,25)/t16-,20+/m0/s1. The van der Waals surface area contributed by atoms with Crippen molar-refractivity contribution in [3.05, 3.63) is 29.3 Å². The molecular weight excluding hydrogens is 332 g/mol. The molecule has 0 spiro atoms. The van der Waals surface area contributed by atoms with Crippen molar-refractivity contribution >= 4 is 12.0 Å². The molecule has 3 rings (SSSR count). The molecule has 2 amide bonds. The van der Waals surface area contributed by atoms with Crippen LogP contribution in [-0.2, 0) is 10.3 Å². The minimum absolute atomic E-state index is 0.125. The van der Waals surface area contributed by atoms with E-state index in [1.165, 1.54) is 0 Å². The van der Waals surface area contributed by atoms with E-state index in [0.717, 1.165) is 16.9 Å². The number of hydrogen-bond donors (Lipinski definition) is 1. The van der Waals surface area contributed by atoms with Crippen LogP contribution >= 0.6 is 0 Å². The number of fused-ring (bicyclic) bond motifs is 1. The van der Waals surface area contributed by atoms with E-state index in [1.807, 2.05) is 30.0 Å². The fourth-order valence-electron chi connectivity index (χ4n) is 5.08. The van der Waals surface area contributed by atoms with Gasteiger partial charge in [-0.15, -0.1) is 0 Å². The van der Waals surface area contributed by atoms with Crippen molar-refractivity contribution in [1.82, 2.24) is 9.80 Å². The summed E-state index contributed by atoms with van der Waals surface area (Å²) < 4.78 is 5.34. The van der Waals surface area contributed by atoms with Crippen molar-refractivity contribution in [3.8, 4) is 5.75 Å². The third-order valence-electron chi connectivity index (χ3n) is 6.02. The van der Waals surface area contributed by atoms with E-state index >= 15 is 0 Å². The van der Waals surface area contributed by atoms with E-state index < -0.39 is 17.0 Å². The molecule has 142 valence electrons. The van der Waals surface area contributed by atoms with Gasteiger partial charge in [-0.1, -0.05) is 26.8 Å². The van der Waals surface area contributed by atoms with Crippen molar-refractivity contribution in [1.29, 1.82) is 0 Å². The molecule has 2 atom stereocenters. The van der Waals surface area contributed by atoms with E-state index in [2.05, 4.69) is 20.8 Å². The number of nitrogens with zero attached hydrogens (tertiary/aromatic N) is 2. The summed E-state index contributed by atoms with van der Waals surface area (Å²) in [5.74, 6) is 0.868. The summed E-state index contributed by atoms with van der Waals surface area (Å²) >= 11 is 0. The zero-order chi connectivity index (χ0) is 19.3. The van der Waals surface area contributed by atoms with Crippen molar-refractivity contribution in [2.24, 2.45) is 5.41 Å². The molecule has 6 nitrogen and oxygen atoms in total. The summed E-state index contributed by atoms with van der Waals surface area (Å²) in [6.45, 7) is 8.97. The first kappa shape index (κ1) is 18.5. The number of rotatable bonds is 2. The van der Waals surface area contributed by atoms with Gasteiger partial charge in [-0.05, 0) is 42.0 Å². The number of carbonyl (C=O) groups is 2. The van der Waals surface area contributed by atoms with Crippen LogP contribution in [0.25, 0.3) is 0 Å². The lowest BCUT2D eigenvalue weighted by molar-refractivity contribution is -0.141. The van der Waals surface area contributed by atoms with Crippen LogP contribution < -0.4 is 4.74 Å². The maximum Gasteiger partial charge on any atom is 0.408 e. The highest BCUT2D eigenvalue weighted by molar-refractivity contribution is 5.80. The van der Waals surface area contributed by atoms with Gasteiger partial charge in [0, 0.05) is 19.5 Å². The molecule has 0 bridgehead atoms. The Morgan fingerprint density at radius 3 is 2.54 bits per heavy atom. The summed E-state index contributed by atoms with van der Waals surface area (Å²) in [5.41, 5.74) is 0.725. The minimum atomic E-state index is -0.936. The Morgan fingerprint density at radius 1 is 1.31 bits per heavy atom. The normalized spacial score (nSPS) is 26.0. The molecular formula is C20H28N2O4. The van der Waals surface area contributed by atoms with Crippen LogP contribution in [0.1, 0.15) is 44.7 Å². The maximum absolute atomic E-state index is 12.5. The van der Waals surface area contributed by atoms with E-state index in [4.69, 9.17) is 4.74 Å². The highest BCUT2D eigenvalue weighted by Crippen LogP contribution is 2.54. The van der Waals surface area contributed by atoms with Gasteiger partial charge >= 0.3 is 6.09 Å². The molecule has 1 N–H and O–H groups in total. The Morgan fingerprint density at radius 2 is 2.00 bits per heavy atom. The van der Waals surface area contributed by atoms with Crippen LogP contribution in [-0.4, -0.2) is 53.1 Å². The fraction of sp³-hybridized carbons (Fsp3) is 0.600. The van der Waals surface area contributed by atoms with Gasteiger partial charge in [0.15, 0.2) is 0 Å². The van der Waals surface area contributed by atoms with Gasteiger partial charge in [0.1, 0.15) is 5.75 Å².